The Morgan fingerprint density at radius 3 is 2.35 bits per heavy atom. The van der Waals surface area contributed by atoms with Crippen molar-refractivity contribution in [3.05, 3.63) is 17.6 Å². The maximum Gasteiger partial charge on any atom is 0.144 e. The standard InChI is InChI=1S/C13H23N3O/c1-5-13(6-2,9-17)8-15-12-7-14-10(3)11(4)16-12/h7,17H,5-6,8-9H2,1-4H3,(H,15,16). The summed E-state index contributed by atoms with van der Waals surface area (Å²) >= 11 is 0. The minimum atomic E-state index is -0.0551. The van der Waals surface area contributed by atoms with Crippen LogP contribution in [-0.4, -0.2) is 28.2 Å². The Morgan fingerprint density at radius 1 is 1.24 bits per heavy atom. The van der Waals surface area contributed by atoms with E-state index in [4.69, 9.17) is 0 Å². The second-order valence-corrected chi connectivity index (χ2v) is 4.64. The minimum absolute atomic E-state index is 0.0551. The van der Waals surface area contributed by atoms with Crippen LogP contribution in [0.4, 0.5) is 5.82 Å². The van der Waals surface area contributed by atoms with Gasteiger partial charge in [-0.1, -0.05) is 13.8 Å². The first-order chi connectivity index (χ1) is 8.06. The third-order valence-corrected chi connectivity index (χ3v) is 3.67. The number of aromatic nitrogens is 2. The van der Waals surface area contributed by atoms with Crippen molar-refractivity contribution in [3.8, 4) is 0 Å². The first kappa shape index (κ1) is 13.9. The Balaban J connectivity index is 2.68. The number of aliphatic hydroxyl groups is 1. The van der Waals surface area contributed by atoms with Crippen molar-refractivity contribution in [1.29, 1.82) is 0 Å². The molecule has 1 aromatic heterocycles. The van der Waals surface area contributed by atoms with Gasteiger partial charge >= 0.3 is 0 Å². The molecule has 0 atom stereocenters. The number of nitrogens with one attached hydrogen (secondary N) is 1. The molecule has 0 aliphatic carbocycles. The highest BCUT2D eigenvalue weighted by Crippen LogP contribution is 2.25. The van der Waals surface area contributed by atoms with E-state index in [0.717, 1.165) is 36.6 Å². The van der Waals surface area contributed by atoms with E-state index in [0.29, 0.717) is 0 Å². The van der Waals surface area contributed by atoms with Crippen molar-refractivity contribution in [1.82, 2.24) is 9.97 Å². The number of anilines is 1. The number of hydrogen-bond acceptors (Lipinski definition) is 4. The molecule has 0 fully saturated rings. The van der Waals surface area contributed by atoms with Crippen molar-refractivity contribution in [2.45, 2.75) is 40.5 Å². The van der Waals surface area contributed by atoms with Crippen LogP contribution in [0.3, 0.4) is 0 Å². The van der Waals surface area contributed by atoms with E-state index in [9.17, 15) is 5.11 Å². The fraction of sp³-hybridized carbons (Fsp3) is 0.692. The lowest BCUT2D eigenvalue weighted by Crippen LogP contribution is -2.32. The largest absolute Gasteiger partial charge is 0.396 e. The zero-order chi connectivity index (χ0) is 12.9. The van der Waals surface area contributed by atoms with Crippen LogP contribution in [0.2, 0.25) is 0 Å². The summed E-state index contributed by atoms with van der Waals surface area (Å²) in [4.78, 5) is 8.69. The molecule has 0 spiro atoms. The predicted octanol–water partition coefficient (Wildman–Crippen LogP) is 2.30. The van der Waals surface area contributed by atoms with Crippen LogP contribution in [0.1, 0.15) is 38.1 Å². The summed E-state index contributed by atoms with van der Waals surface area (Å²) in [5.74, 6) is 0.785. The van der Waals surface area contributed by atoms with Crippen molar-refractivity contribution in [2.24, 2.45) is 5.41 Å². The maximum absolute atomic E-state index is 9.48. The molecule has 0 aliphatic rings. The third-order valence-electron chi connectivity index (χ3n) is 3.67. The number of rotatable bonds is 6. The molecule has 2 N–H and O–H groups in total. The van der Waals surface area contributed by atoms with Gasteiger partial charge < -0.3 is 10.4 Å². The average Bonchev–Trinajstić information content (AvgIpc) is 2.36. The average molecular weight is 237 g/mol. The highest BCUT2D eigenvalue weighted by molar-refractivity contribution is 5.33. The molecule has 1 heterocycles. The van der Waals surface area contributed by atoms with E-state index < -0.39 is 0 Å². The Bertz CT molecular complexity index is 353. The molecule has 0 bridgehead atoms. The van der Waals surface area contributed by atoms with Crippen LogP contribution < -0.4 is 5.32 Å². The van der Waals surface area contributed by atoms with E-state index in [1.54, 1.807) is 6.20 Å². The minimum Gasteiger partial charge on any atom is -0.396 e. The van der Waals surface area contributed by atoms with E-state index in [1.165, 1.54) is 0 Å². The van der Waals surface area contributed by atoms with Crippen LogP contribution in [0, 0.1) is 19.3 Å². The first-order valence-corrected chi connectivity index (χ1v) is 6.22. The third kappa shape index (κ3) is 3.40. The zero-order valence-electron chi connectivity index (χ0n) is 11.2. The molecular weight excluding hydrogens is 214 g/mol. The summed E-state index contributed by atoms with van der Waals surface area (Å²) in [5, 5.41) is 12.7. The van der Waals surface area contributed by atoms with E-state index in [2.05, 4.69) is 29.1 Å². The summed E-state index contributed by atoms with van der Waals surface area (Å²) in [5.41, 5.74) is 1.84. The van der Waals surface area contributed by atoms with E-state index in [1.807, 2.05) is 13.8 Å². The summed E-state index contributed by atoms with van der Waals surface area (Å²) < 4.78 is 0. The molecule has 0 radical (unpaired) electrons. The molecule has 0 saturated heterocycles. The van der Waals surface area contributed by atoms with Crippen LogP contribution in [0.25, 0.3) is 0 Å². The number of hydrogen-bond donors (Lipinski definition) is 2. The van der Waals surface area contributed by atoms with Gasteiger partial charge in [-0.2, -0.15) is 0 Å². The van der Waals surface area contributed by atoms with Gasteiger partial charge in [0.25, 0.3) is 0 Å². The molecule has 96 valence electrons. The SMILES string of the molecule is CCC(CC)(CO)CNc1cnc(C)c(C)n1. The second kappa shape index (κ2) is 5.96. The second-order valence-electron chi connectivity index (χ2n) is 4.64. The fourth-order valence-electron chi connectivity index (χ4n) is 1.68. The normalized spacial score (nSPS) is 11.6. The molecule has 0 amide bonds. The van der Waals surface area contributed by atoms with Gasteiger partial charge in [0.2, 0.25) is 0 Å². The molecule has 0 aliphatic heterocycles. The molecule has 17 heavy (non-hydrogen) atoms. The number of aliphatic hydroxyl groups excluding tert-OH is 1. The lowest BCUT2D eigenvalue weighted by Gasteiger charge is -2.29. The lowest BCUT2D eigenvalue weighted by molar-refractivity contribution is 0.127. The van der Waals surface area contributed by atoms with Crippen molar-refractivity contribution in [2.75, 3.05) is 18.5 Å². The van der Waals surface area contributed by atoms with Crippen LogP contribution in [0.5, 0.6) is 0 Å². The molecule has 4 heteroatoms. The summed E-state index contributed by atoms with van der Waals surface area (Å²) in [6.07, 6.45) is 3.65. The first-order valence-electron chi connectivity index (χ1n) is 6.22. The number of aryl methyl sites for hydroxylation is 2. The lowest BCUT2D eigenvalue weighted by atomic mass is 9.83. The molecule has 0 aromatic carbocycles. The monoisotopic (exact) mass is 237 g/mol. The van der Waals surface area contributed by atoms with Gasteiger partial charge in [0.05, 0.1) is 24.2 Å². The quantitative estimate of drug-likeness (QED) is 0.797. The molecule has 0 saturated carbocycles. The highest BCUT2D eigenvalue weighted by atomic mass is 16.3. The van der Waals surface area contributed by atoms with E-state index >= 15 is 0 Å². The van der Waals surface area contributed by atoms with Gasteiger partial charge in [0.1, 0.15) is 5.82 Å². The maximum atomic E-state index is 9.48. The van der Waals surface area contributed by atoms with Gasteiger partial charge in [-0.05, 0) is 26.7 Å². The Hall–Kier alpha value is -1.16. The van der Waals surface area contributed by atoms with Crippen molar-refractivity contribution in [3.63, 3.8) is 0 Å². The van der Waals surface area contributed by atoms with Crippen LogP contribution >= 0.6 is 0 Å². The van der Waals surface area contributed by atoms with Gasteiger partial charge in [-0.25, -0.2) is 4.98 Å². The van der Waals surface area contributed by atoms with E-state index in [-0.39, 0.29) is 12.0 Å². The van der Waals surface area contributed by atoms with Crippen LogP contribution in [-0.2, 0) is 0 Å². The molecule has 0 unspecified atom stereocenters. The molecular formula is C13H23N3O. The Kier molecular flexibility index (Phi) is 4.87. The Morgan fingerprint density at radius 2 is 1.88 bits per heavy atom. The van der Waals surface area contributed by atoms with Gasteiger partial charge in [-0.3, -0.25) is 4.98 Å². The van der Waals surface area contributed by atoms with Crippen molar-refractivity contribution >= 4 is 5.82 Å². The molecule has 1 aromatic rings. The molecule has 4 nitrogen and oxygen atoms in total. The smallest absolute Gasteiger partial charge is 0.144 e. The zero-order valence-corrected chi connectivity index (χ0v) is 11.2. The summed E-state index contributed by atoms with van der Waals surface area (Å²) in [6.45, 7) is 9.04. The molecule has 1 rings (SSSR count). The highest BCUT2D eigenvalue weighted by Gasteiger charge is 2.25. The number of nitrogens with zero attached hydrogens (tertiary/aromatic N) is 2. The Labute approximate surface area is 103 Å². The van der Waals surface area contributed by atoms with Gasteiger partial charge in [-0.15, -0.1) is 0 Å². The predicted molar refractivity (Wildman–Crippen MR) is 70.1 cm³/mol. The van der Waals surface area contributed by atoms with Gasteiger partial charge in [0.15, 0.2) is 0 Å². The summed E-state index contributed by atoms with van der Waals surface area (Å²) in [6, 6.07) is 0. The van der Waals surface area contributed by atoms with Gasteiger partial charge in [0, 0.05) is 12.0 Å². The fourth-order valence-corrected chi connectivity index (χ4v) is 1.68. The van der Waals surface area contributed by atoms with Crippen LogP contribution in [0.15, 0.2) is 6.20 Å². The topological polar surface area (TPSA) is 58.0 Å². The summed E-state index contributed by atoms with van der Waals surface area (Å²) in [7, 11) is 0. The van der Waals surface area contributed by atoms with Crippen molar-refractivity contribution < 1.29 is 5.11 Å².